The van der Waals surface area contributed by atoms with Crippen molar-refractivity contribution in [2.75, 3.05) is 45.3 Å². The van der Waals surface area contributed by atoms with Gasteiger partial charge in [-0.3, -0.25) is 0 Å². The maximum Gasteiger partial charge on any atom is 0.175 e. The Balaban J connectivity index is 2.10. The van der Waals surface area contributed by atoms with Crippen LogP contribution >= 0.6 is 32.0 Å². The monoisotopic (exact) mass is 551 g/mol. The fourth-order valence-electron chi connectivity index (χ4n) is 2.88. The Labute approximate surface area is 197 Å². The highest BCUT2D eigenvalue weighted by molar-refractivity contribution is 14.1. The quantitative estimate of drug-likeness (QED) is 0.162. The van der Waals surface area contributed by atoms with Gasteiger partial charge in [-0.25, -0.2) is 9.97 Å². The second-order valence-corrected chi connectivity index (χ2v) is 7.95. The first-order chi connectivity index (χ1) is 15.1. The molecule has 0 aliphatic rings. The van der Waals surface area contributed by atoms with Crippen molar-refractivity contribution in [3.63, 3.8) is 0 Å². The molecular weight excluding hydrogens is 528 g/mol. The minimum Gasteiger partial charge on any atom is -0.487 e. The summed E-state index contributed by atoms with van der Waals surface area (Å²) in [5, 5.41) is 0.843. The molecule has 0 aliphatic heterocycles. The summed E-state index contributed by atoms with van der Waals surface area (Å²) in [6.45, 7) is 1.70. The van der Waals surface area contributed by atoms with Gasteiger partial charge in [-0.1, -0.05) is 12.0 Å². The van der Waals surface area contributed by atoms with Crippen molar-refractivity contribution in [1.82, 2.24) is 9.97 Å². The average Bonchev–Trinajstić information content (AvgIpc) is 2.80. The summed E-state index contributed by atoms with van der Waals surface area (Å²) >= 11 is 2.24. The van der Waals surface area contributed by atoms with E-state index in [0.717, 1.165) is 25.7 Å². The summed E-state index contributed by atoms with van der Waals surface area (Å²) in [4.78, 5) is 9.00. The highest BCUT2D eigenvalue weighted by atomic mass is 127. The Hall–Kier alpha value is -2.18. The standard InChI is InChI=1S/C22H23IN3O4P/c1-4-15-6-5-7-16(12-15)26(31)22-19-17(24-14-25-22)13-18(29-10-8-27-2)21(20(19)23)30-11-9-28-3/h1,5-7,12-14H,8-11,31H2,2-3H3. The molecule has 1 atom stereocenters. The molecule has 0 saturated heterocycles. The SMILES string of the molecule is C#Cc1cccc(N(P)c2ncnc3cc(OCCOC)c(OCCOC)c(I)c23)c1. The number of fused-ring (bicyclic) bond motifs is 1. The van der Waals surface area contributed by atoms with Crippen LogP contribution in [0.3, 0.4) is 0 Å². The van der Waals surface area contributed by atoms with E-state index in [1.165, 1.54) is 6.33 Å². The summed E-state index contributed by atoms with van der Waals surface area (Å²) in [6.07, 6.45) is 7.09. The number of rotatable bonds is 10. The number of hydrogen-bond donors (Lipinski definition) is 0. The van der Waals surface area contributed by atoms with Gasteiger partial charge in [0.15, 0.2) is 11.5 Å². The fraction of sp³-hybridized carbons (Fsp3) is 0.273. The van der Waals surface area contributed by atoms with Crippen molar-refractivity contribution in [3.8, 4) is 23.8 Å². The Morgan fingerprint density at radius 1 is 1.06 bits per heavy atom. The highest BCUT2D eigenvalue weighted by Crippen LogP contribution is 2.43. The van der Waals surface area contributed by atoms with Gasteiger partial charge in [-0.15, -0.1) is 6.42 Å². The normalized spacial score (nSPS) is 10.7. The first-order valence-electron chi connectivity index (χ1n) is 9.42. The van der Waals surface area contributed by atoms with Crippen molar-refractivity contribution in [1.29, 1.82) is 0 Å². The lowest BCUT2D eigenvalue weighted by Crippen LogP contribution is -2.11. The lowest BCUT2D eigenvalue weighted by molar-refractivity contribution is 0.132. The number of halogens is 1. The summed E-state index contributed by atoms with van der Waals surface area (Å²) in [5.41, 5.74) is 2.41. The van der Waals surface area contributed by atoms with Crippen molar-refractivity contribution < 1.29 is 18.9 Å². The molecule has 1 aromatic heterocycles. The highest BCUT2D eigenvalue weighted by Gasteiger charge is 2.21. The molecule has 3 aromatic rings. The number of aromatic nitrogens is 2. The van der Waals surface area contributed by atoms with Gasteiger partial charge in [0, 0.05) is 31.5 Å². The Morgan fingerprint density at radius 3 is 2.52 bits per heavy atom. The maximum atomic E-state index is 6.02. The first kappa shape index (κ1) is 23.5. The first-order valence-corrected chi connectivity index (χ1v) is 11.0. The van der Waals surface area contributed by atoms with Crippen LogP contribution in [-0.4, -0.2) is 50.6 Å². The number of hydrogen-bond acceptors (Lipinski definition) is 7. The van der Waals surface area contributed by atoms with Gasteiger partial charge in [-0.05, 0) is 50.2 Å². The average molecular weight is 551 g/mol. The number of nitrogens with zero attached hydrogens (tertiary/aromatic N) is 3. The molecule has 3 rings (SSSR count). The van der Waals surface area contributed by atoms with E-state index in [1.54, 1.807) is 14.2 Å². The van der Waals surface area contributed by atoms with Crippen LogP contribution in [0.25, 0.3) is 10.9 Å². The van der Waals surface area contributed by atoms with Crippen LogP contribution < -0.4 is 14.1 Å². The van der Waals surface area contributed by atoms with E-state index in [9.17, 15) is 0 Å². The van der Waals surface area contributed by atoms with Gasteiger partial charge < -0.3 is 23.6 Å². The predicted molar refractivity (Wildman–Crippen MR) is 133 cm³/mol. The zero-order valence-corrected chi connectivity index (χ0v) is 20.6. The molecule has 1 heterocycles. The molecule has 31 heavy (non-hydrogen) atoms. The van der Waals surface area contributed by atoms with E-state index >= 15 is 0 Å². The number of benzene rings is 2. The Bertz CT molecular complexity index is 1090. The molecule has 1 unspecified atom stereocenters. The Kier molecular flexibility index (Phi) is 8.67. The number of ether oxygens (including phenoxy) is 4. The van der Waals surface area contributed by atoms with E-state index < -0.39 is 0 Å². The summed E-state index contributed by atoms with van der Waals surface area (Å²) < 4.78 is 24.9. The van der Waals surface area contributed by atoms with Crippen LogP contribution in [0.4, 0.5) is 11.5 Å². The molecule has 0 spiro atoms. The smallest absolute Gasteiger partial charge is 0.175 e. The van der Waals surface area contributed by atoms with Crippen molar-refractivity contribution >= 4 is 54.4 Å². The molecule has 0 bridgehead atoms. The zero-order chi connectivity index (χ0) is 22.2. The number of terminal acetylenes is 1. The summed E-state index contributed by atoms with van der Waals surface area (Å²) in [5.74, 6) is 4.58. The molecule has 2 aromatic carbocycles. The van der Waals surface area contributed by atoms with E-state index in [0.29, 0.717) is 43.7 Å². The van der Waals surface area contributed by atoms with Gasteiger partial charge in [0.05, 0.1) is 27.7 Å². The molecule has 0 amide bonds. The van der Waals surface area contributed by atoms with Crippen LogP contribution in [0.15, 0.2) is 36.7 Å². The number of methoxy groups -OCH3 is 2. The lowest BCUT2D eigenvalue weighted by atomic mass is 10.2. The lowest BCUT2D eigenvalue weighted by Gasteiger charge is -2.22. The molecule has 162 valence electrons. The van der Waals surface area contributed by atoms with Crippen LogP contribution in [0.1, 0.15) is 5.56 Å². The third-order valence-corrected chi connectivity index (χ3v) is 5.94. The number of anilines is 2. The van der Waals surface area contributed by atoms with Crippen LogP contribution in [0.5, 0.6) is 11.5 Å². The van der Waals surface area contributed by atoms with E-state index in [1.807, 2.05) is 35.0 Å². The molecule has 0 aliphatic carbocycles. The second kappa shape index (κ2) is 11.4. The topological polar surface area (TPSA) is 65.9 Å². The minimum atomic E-state index is 0.385. The second-order valence-electron chi connectivity index (χ2n) is 6.36. The van der Waals surface area contributed by atoms with Crippen molar-refractivity contribution in [2.45, 2.75) is 0 Å². The van der Waals surface area contributed by atoms with Gasteiger partial charge in [0.25, 0.3) is 0 Å². The predicted octanol–water partition coefficient (Wildman–Crippen LogP) is 4.19. The van der Waals surface area contributed by atoms with Crippen LogP contribution in [-0.2, 0) is 9.47 Å². The zero-order valence-electron chi connectivity index (χ0n) is 17.3. The third kappa shape index (κ3) is 5.55. The summed E-state index contributed by atoms with van der Waals surface area (Å²) in [6, 6.07) is 9.54. The minimum absolute atomic E-state index is 0.385. The molecule has 0 saturated carbocycles. The molecular formula is C22H23IN3O4P. The van der Waals surface area contributed by atoms with Crippen molar-refractivity contribution in [3.05, 3.63) is 45.8 Å². The molecule has 0 radical (unpaired) electrons. The van der Waals surface area contributed by atoms with E-state index in [4.69, 9.17) is 25.4 Å². The molecule has 0 N–H and O–H groups in total. The molecule has 0 fully saturated rings. The van der Waals surface area contributed by atoms with Gasteiger partial charge >= 0.3 is 0 Å². The largest absolute Gasteiger partial charge is 0.487 e. The van der Waals surface area contributed by atoms with Gasteiger partial charge in [-0.2, -0.15) is 0 Å². The maximum absolute atomic E-state index is 6.02. The van der Waals surface area contributed by atoms with E-state index in [-0.39, 0.29) is 0 Å². The van der Waals surface area contributed by atoms with E-state index in [2.05, 4.69) is 47.9 Å². The third-order valence-electron chi connectivity index (χ3n) is 4.37. The van der Waals surface area contributed by atoms with Crippen LogP contribution in [0, 0.1) is 15.9 Å². The summed E-state index contributed by atoms with van der Waals surface area (Å²) in [7, 11) is 5.96. The van der Waals surface area contributed by atoms with Crippen LogP contribution in [0.2, 0.25) is 0 Å². The van der Waals surface area contributed by atoms with Crippen molar-refractivity contribution in [2.24, 2.45) is 0 Å². The Morgan fingerprint density at radius 2 is 1.81 bits per heavy atom. The van der Waals surface area contributed by atoms with Gasteiger partial charge in [0.2, 0.25) is 0 Å². The van der Waals surface area contributed by atoms with Gasteiger partial charge in [0.1, 0.15) is 25.4 Å². The molecule has 9 heteroatoms. The fourth-order valence-corrected chi connectivity index (χ4v) is 4.17. The molecule has 7 nitrogen and oxygen atoms in total.